The minimum absolute atomic E-state index is 0.0374. The average Bonchev–Trinajstić information content (AvgIpc) is 3.14. The summed E-state index contributed by atoms with van der Waals surface area (Å²) in [5.41, 5.74) is 2.05. The molecule has 1 saturated heterocycles. The molecule has 1 spiro atoms. The van der Waals surface area contributed by atoms with Gasteiger partial charge in [-0.05, 0) is 31.4 Å². The van der Waals surface area contributed by atoms with E-state index >= 15 is 0 Å². The molecule has 0 bridgehead atoms. The van der Waals surface area contributed by atoms with Crippen molar-refractivity contribution in [2.45, 2.75) is 31.8 Å². The number of nitrogens with zero attached hydrogens (tertiary/aromatic N) is 2. The Balaban J connectivity index is 1.66. The van der Waals surface area contributed by atoms with E-state index in [2.05, 4.69) is 10.5 Å². The van der Waals surface area contributed by atoms with Crippen LogP contribution in [0.3, 0.4) is 0 Å². The van der Waals surface area contributed by atoms with E-state index in [1.807, 2.05) is 24.3 Å². The van der Waals surface area contributed by atoms with Crippen LogP contribution < -0.4 is 5.32 Å². The van der Waals surface area contributed by atoms with E-state index in [4.69, 9.17) is 9.26 Å². The number of hydrogen-bond donors (Lipinski definition) is 1. The van der Waals surface area contributed by atoms with Gasteiger partial charge in [-0.3, -0.25) is 9.59 Å². The van der Waals surface area contributed by atoms with Crippen LogP contribution in [-0.2, 0) is 21.6 Å². The van der Waals surface area contributed by atoms with E-state index in [0.29, 0.717) is 24.4 Å². The molecule has 1 N–H and O–H groups in total. The number of ether oxygens (including phenoxy) is 1. The molecule has 0 radical (unpaired) electrons. The molecule has 0 aliphatic carbocycles. The Morgan fingerprint density at radius 1 is 1.42 bits per heavy atom. The normalized spacial score (nSPS) is 21.8. The molecule has 1 aromatic heterocycles. The Morgan fingerprint density at radius 3 is 3.04 bits per heavy atom. The van der Waals surface area contributed by atoms with Crippen molar-refractivity contribution in [1.82, 2.24) is 10.1 Å². The van der Waals surface area contributed by atoms with Crippen LogP contribution in [0, 0.1) is 6.92 Å². The summed E-state index contributed by atoms with van der Waals surface area (Å²) < 4.78 is 10.4. The fourth-order valence-corrected chi connectivity index (χ4v) is 4.03. The monoisotopic (exact) mass is 355 g/mol. The summed E-state index contributed by atoms with van der Waals surface area (Å²) >= 11 is 0. The van der Waals surface area contributed by atoms with Crippen LogP contribution in [-0.4, -0.2) is 42.1 Å². The number of aryl methyl sites for hydroxylation is 1. The standard InChI is InChI=1S/C19H21N3O4/c1-12-13(10-25-2)16(21-26-12)17(23)22-9-5-8-19(11-22)14-6-3-4-7-15(14)20-18(19)24/h3-4,6-7H,5,8-11H2,1-2H3,(H,20,24)/t19-/m1/s1. The predicted molar refractivity (Wildman–Crippen MR) is 93.8 cm³/mol. The second kappa shape index (κ2) is 6.25. The number of methoxy groups -OCH3 is 1. The van der Waals surface area contributed by atoms with Crippen LogP contribution in [0.15, 0.2) is 28.8 Å². The molecule has 136 valence electrons. The molecule has 0 saturated carbocycles. The lowest BCUT2D eigenvalue weighted by molar-refractivity contribution is -0.122. The number of anilines is 1. The lowest BCUT2D eigenvalue weighted by Crippen LogP contribution is -2.52. The molecule has 2 aliphatic rings. The van der Waals surface area contributed by atoms with Gasteiger partial charge >= 0.3 is 0 Å². The van der Waals surface area contributed by atoms with E-state index in [0.717, 1.165) is 24.1 Å². The molecule has 2 amide bonds. The summed E-state index contributed by atoms with van der Waals surface area (Å²) in [5.74, 6) is 0.320. The lowest BCUT2D eigenvalue weighted by atomic mass is 9.75. The second-order valence-electron chi connectivity index (χ2n) is 6.91. The summed E-state index contributed by atoms with van der Waals surface area (Å²) in [6.07, 6.45) is 1.48. The molecule has 0 unspecified atom stereocenters. The van der Waals surface area contributed by atoms with Crippen LogP contribution in [0.25, 0.3) is 0 Å². The number of amides is 2. The molecule has 7 heteroatoms. The second-order valence-corrected chi connectivity index (χ2v) is 6.91. The number of likely N-dealkylation sites (tertiary alicyclic amines) is 1. The van der Waals surface area contributed by atoms with Gasteiger partial charge in [0.05, 0.1) is 17.6 Å². The Hall–Kier alpha value is -2.67. The van der Waals surface area contributed by atoms with Crippen LogP contribution in [0.2, 0.25) is 0 Å². The van der Waals surface area contributed by atoms with Crippen molar-refractivity contribution in [3.05, 3.63) is 46.8 Å². The Morgan fingerprint density at radius 2 is 2.23 bits per heavy atom. The van der Waals surface area contributed by atoms with Crippen molar-refractivity contribution in [3.63, 3.8) is 0 Å². The molecule has 4 rings (SSSR count). The maximum Gasteiger partial charge on any atom is 0.276 e. The van der Waals surface area contributed by atoms with Gasteiger partial charge in [0.15, 0.2) is 5.69 Å². The number of nitrogens with one attached hydrogen (secondary N) is 1. The number of piperidine rings is 1. The molecular formula is C19H21N3O4. The summed E-state index contributed by atoms with van der Waals surface area (Å²) in [4.78, 5) is 27.6. The zero-order valence-corrected chi connectivity index (χ0v) is 14.9. The largest absolute Gasteiger partial charge is 0.380 e. The van der Waals surface area contributed by atoms with Crippen molar-refractivity contribution < 1.29 is 18.8 Å². The summed E-state index contributed by atoms with van der Waals surface area (Å²) in [6.45, 7) is 2.95. The Labute approximate surface area is 151 Å². The molecule has 1 fully saturated rings. The molecular weight excluding hydrogens is 334 g/mol. The van der Waals surface area contributed by atoms with Gasteiger partial charge in [0.1, 0.15) is 5.76 Å². The minimum atomic E-state index is -0.690. The highest BCUT2D eigenvalue weighted by Gasteiger charge is 2.50. The van der Waals surface area contributed by atoms with Crippen molar-refractivity contribution in [1.29, 1.82) is 0 Å². The zero-order chi connectivity index (χ0) is 18.3. The van der Waals surface area contributed by atoms with Crippen LogP contribution in [0.5, 0.6) is 0 Å². The number of para-hydroxylation sites is 1. The number of hydrogen-bond acceptors (Lipinski definition) is 5. The quantitative estimate of drug-likeness (QED) is 0.913. The zero-order valence-electron chi connectivity index (χ0n) is 14.9. The highest BCUT2D eigenvalue weighted by molar-refractivity contribution is 6.07. The van der Waals surface area contributed by atoms with Crippen molar-refractivity contribution in [3.8, 4) is 0 Å². The summed E-state index contributed by atoms with van der Waals surface area (Å²) in [6, 6.07) is 7.70. The first-order valence-electron chi connectivity index (χ1n) is 8.71. The van der Waals surface area contributed by atoms with E-state index in [1.54, 1.807) is 18.9 Å². The fraction of sp³-hybridized carbons (Fsp3) is 0.421. The Kier molecular flexibility index (Phi) is 4.03. The molecule has 26 heavy (non-hydrogen) atoms. The highest BCUT2D eigenvalue weighted by Crippen LogP contribution is 2.43. The van der Waals surface area contributed by atoms with Gasteiger partial charge in [0.25, 0.3) is 5.91 Å². The van der Waals surface area contributed by atoms with Gasteiger partial charge in [-0.1, -0.05) is 23.4 Å². The number of carbonyl (C=O) groups is 2. The predicted octanol–water partition coefficient (Wildman–Crippen LogP) is 2.26. The van der Waals surface area contributed by atoms with Crippen molar-refractivity contribution >= 4 is 17.5 Å². The summed E-state index contributed by atoms with van der Waals surface area (Å²) in [5, 5.41) is 6.90. The van der Waals surface area contributed by atoms with E-state index in [1.165, 1.54) is 0 Å². The molecule has 7 nitrogen and oxygen atoms in total. The first-order chi connectivity index (χ1) is 12.6. The third-order valence-electron chi connectivity index (χ3n) is 5.38. The average molecular weight is 355 g/mol. The SMILES string of the molecule is COCc1c(C(=O)N2CCC[C@]3(C2)C(=O)Nc2ccccc23)noc1C. The highest BCUT2D eigenvalue weighted by atomic mass is 16.5. The maximum absolute atomic E-state index is 13.1. The third-order valence-corrected chi connectivity index (χ3v) is 5.38. The number of fused-ring (bicyclic) bond motifs is 2. The van der Waals surface area contributed by atoms with Crippen molar-refractivity contribution in [2.75, 3.05) is 25.5 Å². The Bertz CT molecular complexity index is 875. The van der Waals surface area contributed by atoms with E-state index in [9.17, 15) is 9.59 Å². The molecule has 2 aliphatic heterocycles. The first-order valence-corrected chi connectivity index (χ1v) is 8.71. The smallest absolute Gasteiger partial charge is 0.276 e. The topological polar surface area (TPSA) is 84.7 Å². The van der Waals surface area contributed by atoms with Gasteiger partial charge in [-0.2, -0.15) is 0 Å². The molecule has 1 atom stereocenters. The van der Waals surface area contributed by atoms with Crippen LogP contribution in [0.1, 0.15) is 40.2 Å². The third kappa shape index (κ3) is 2.42. The molecule has 2 aromatic rings. The number of carbonyl (C=O) groups excluding carboxylic acids is 2. The fourth-order valence-electron chi connectivity index (χ4n) is 4.03. The van der Waals surface area contributed by atoms with Crippen LogP contribution in [0.4, 0.5) is 5.69 Å². The molecule has 3 heterocycles. The first kappa shape index (κ1) is 16.8. The summed E-state index contributed by atoms with van der Waals surface area (Å²) in [7, 11) is 1.57. The number of aromatic nitrogens is 1. The van der Waals surface area contributed by atoms with E-state index < -0.39 is 5.41 Å². The van der Waals surface area contributed by atoms with Gasteiger partial charge in [0.2, 0.25) is 5.91 Å². The van der Waals surface area contributed by atoms with E-state index in [-0.39, 0.29) is 24.1 Å². The van der Waals surface area contributed by atoms with Gasteiger partial charge in [-0.15, -0.1) is 0 Å². The molecule has 1 aromatic carbocycles. The lowest BCUT2D eigenvalue weighted by Gasteiger charge is -2.38. The minimum Gasteiger partial charge on any atom is -0.380 e. The maximum atomic E-state index is 13.1. The van der Waals surface area contributed by atoms with Crippen molar-refractivity contribution in [2.24, 2.45) is 0 Å². The number of benzene rings is 1. The number of rotatable bonds is 3. The van der Waals surface area contributed by atoms with Gasteiger partial charge in [0, 0.05) is 25.9 Å². The van der Waals surface area contributed by atoms with Gasteiger partial charge in [-0.25, -0.2) is 0 Å². The van der Waals surface area contributed by atoms with Gasteiger partial charge < -0.3 is 19.5 Å². The van der Waals surface area contributed by atoms with Crippen LogP contribution >= 0.6 is 0 Å².